The van der Waals surface area contributed by atoms with Gasteiger partial charge in [-0.3, -0.25) is 9.10 Å². The number of methoxy groups -OCH3 is 1. The molecule has 0 saturated carbocycles. The maximum absolute atomic E-state index is 12.4. The molecule has 1 atom stereocenters. The third-order valence-electron chi connectivity index (χ3n) is 4.70. The third kappa shape index (κ3) is 5.41. The number of benzene rings is 2. The summed E-state index contributed by atoms with van der Waals surface area (Å²) in [5.74, 6) is 1.38. The zero-order chi connectivity index (χ0) is 20.9. The minimum absolute atomic E-state index is 0.168. The van der Waals surface area contributed by atoms with Gasteiger partial charge in [0.2, 0.25) is 10.0 Å². The molecule has 1 fully saturated rings. The Hall–Kier alpha value is -2.74. The van der Waals surface area contributed by atoms with Gasteiger partial charge in [-0.2, -0.15) is 0 Å². The van der Waals surface area contributed by atoms with E-state index in [9.17, 15) is 13.2 Å². The molecule has 1 aliphatic rings. The summed E-state index contributed by atoms with van der Waals surface area (Å²) in [7, 11) is -1.66. The average molecular weight is 419 g/mol. The number of sulfonamides is 1. The van der Waals surface area contributed by atoms with Crippen molar-refractivity contribution in [1.29, 1.82) is 0 Å². The highest BCUT2D eigenvalue weighted by Crippen LogP contribution is 2.23. The molecule has 1 saturated heterocycles. The Kier molecular flexibility index (Phi) is 6.64. The second-order valence-corrected chi connectivity index (χ2v) is 9.02. The molecule has 2 aromatic rings. The number of carbonyl (C=O) groups is 1. The molecule has 7 nitrogen and oxygen atoms in total. The standard InChI is InChI=1S/C21H26N2O5S/c1-16(15-28-20-11-9-19(27-2)10-12-20)22-21(24)17-5-7-18(8-6-17)23-13-3-4-14-29(23,25)26/h5-12,16H,3-4,13-15H2,1-2H3,(H,22,24). The van der Waals surface area contributed by atoms with Crippen LogP contribution in [-0.4, -0.2) is 46.4 Å². The van der Waals surface area contributed by atoms with Crippen LogP contribution in [0.5, 0.6) is 11.5 Å². The Morgan fingerprint density at radius 1 is 1.07 bits per heavy atom. The molecular formula is C21H26N2O5S. The molecule has 1 aliphatic heterocycles. The molecule has 1 N–H and O–H groups in total. The predicted octanol–water partition coefficient (Wildman–Crippen LogP) is 2.82. The van der Waals surface area contributed by atoms with Crippen LogP contribution >= 0.6 is 0 Å². The van der Waals surface area contributed by atoms with Gasteiger partial charge in [0.15, 0.2) is 0 Å². The number of rotatable bonds is 7. The van der Waals surface area contributed by atoms with E-state index in [4.69, 9.17) is 9.47 Å². The minimum atomic E-state index is -3.26. The molecule has 0 aromatic heterocycles. The van der Waals surface area contributed by atoms with Crippen molar-refractivity contribution in [1.82, 2.24) is 5.32 Å². The summed E-state index contributed by atoms with van der Waals surface area (Å²) in [6, 6.07) is 13.7. The summed E-state index contributed by atoms with van der Waals surface area (Å²) < 4.78 is 36.6. The first kappa shape index (κ1) is 21.0. The molecule has 2 aromatic carbocycles. The first-order valence-corrected chi connectivity index (χ1v) is 11.2. The number of nitrogens with one attached hydrogen (secondary N) is 1. The molecule has 8 heteroatoms. The summed E-state index contributed by atoms with van der Waals surface area (Å²) in [6.07, 6.45) is 1.53. The SMILES string of the molecule is COc1ccc(OCC(C)NC(=O)c2ccc(N3CCCCS3(=O)=O)cc2)cc1. The fourth-order valence-corrected chi connectivity index (χ4v) is 4.74. The van der Waals surface area contributed by atoms with Gasteiger partial charge in [-0.05, 0) is 68.3 Å². The van der Waals surface area contributed by atoms with Crippen LogP contribution in [-0.2, 0) is 10.0 Å². The Bertz CT molecular complexity index is 927. The highest BCUT2D eigenvalue weighted by molar-refractivity contribution is 7.92. The van der Waals surface area contributed by atoms with Gasteiger partial charge >= 0.3 is 0 Å². The molecule has 1 heterocycles. The highest BCUT2D eigenvalue weighted by Gasteiger charge is 2.26. The first-order valence-electron chi connectivity index (χ1n) is 9.57. The summed E-state index contributed by atoms with van der Waals surface area (Å²) in [6.45, 7) is 2.66. The van der Waals surface area contributed by atoms with E-state index in [0.717, 1.165) is 12.2 Å². The van der Waals surface area contributed by atoms with Crippen molar-refractivity contribution < 1.29 is 22.7 Å². The van der Waals surface area contributed by atoms with Gasteiger partial charge in [-0.25, -0.2) is 8.42 Å². The lowest BCUT2D eigenvalue weighted by Crippen LogP contribution is -2.38. The van der Waals surface area contributed by atoms with Crippen molar-refractivity contribution in [2.45, 2.75) is 25.8 Å². The minimum Gasteiger partial charge on any atom is -0.497 e. The van der Waals surface area contributed by atoms with Crippen molar-refractivity contribution >= 4 is 21.6 Å². The Morgan fingerprint density at radius 3 is 2.34 bits per heavy atom. The Morgan fingerprint density at radius 2 is 1.72 bits per heavy atom. The van der Waals surface area contributed by atoms with E-state index in [2.05, 4.69) is 5.32 Å². The Labute approximate surface area is 171 Å². The molecular weight excluding hydrogens is 392 g/mol. The van der Waals surface area contributed by atoms with Crippen molar-refractivity contribution in [2.24, 2.45) is 0 Å². The fraction of sp³-hybridized carbons (Fsp3) is 0.381. The van der Waals surface area contributed by atoms with Gasteiger partial charge in [0, 0.05) is 12.1 Å². The lowest BCUT2D eigenvalue weighted by Gasteiger charge is -2.28. The van der Waals surface area contributed by atoms with Crippen LogP contribution in [0.3, 0.4) is 0 Å². The molecule has 0 bridgehead atoms. The maximum atomic E-state index is 12.4. The normalized spacial score (nSPS) is 16.7. The molecule has 1 amide bonds. The number of hydrogen-bond acceptors (Lipinski definition) is 5. The van der Waals surface area contributed by atoms with Gasteiger partial charge in [-0.1, -0.05) is 0 Å². The van der Waals surface area contributed by atoms with Crippen molar-refractivity contribution in [2.75, 3.05) is 30.3 Å². The van der Waals surface area contributed by atoms with Gasteiger partial charge in [0.25, 0.3) is 5.91 Å². The smallest absolute Gasteiger partial charge is 0.251 e. The van der Waals surface area contributed by atoms with Crippen LogP contribution in [0.2, 0.25) is 0 Å². The largest absolute Gasteiger partial charge is 0.497 e. The monoisotopic (exact) mass is 418 g/mol. The lowest BCUT2D eigenvalue weighted by atomic mass is 10.1. The average Bonchev–Trinajstić information content (AvgIpc) is 2.72. The topological polar surface area (TPSA) is 84.9 Å². The van der Waals surface area contributed by atoms with Crippen LogP contribution in [0.25, 0.3) is 0 Å². The number of carbonyl (C=O) groups excluding carboxylic acids is 1. The van der Waals surface area contributed by atoms with E-state index in [0.29, 0.717) is 36.6 Å². The number of hydrogen-bond donors (Lipinski definition) is 1. The quantitative estimate of drug-likeness (QED) is 0.747. The van der Waals surface area contributed by atoms with Crippen LogP contribution < -0.4 is 19.1 Å². The second-order valence-electron chi connectivity index (χ2n) is 7.00. The van der Waals surface area contributed by atoms with Gasteiger partial charge < -0.3 is 14.8 Å². The van der Waals surface area contributed by atoms with E-state index in [1.165, 1.54) is 4.31 Å². The summed E-state index contributed by atoms with van der Waals surface area (Å²) in [5, 5.41) is 2.88. The third-order valence-corrected chi connectivity index (χ3v) is 6.57. The lowest BCUT2D eigenvalue weighted by molar-refractivity contribution is 0.0926. The van der Waals surface area contributed by atoms with Crippen LogP contribution in [0.1, 0.15) is 30.1 Å². The molecule has 0 radical (unpaired) electrons. The highest BCUT2D eigenvalue weighted by atomic mass is 32.2. The van der Waals surface area contributed by atoms with Crippen LogP contribution in [0.15, 0.2) is 48.5 Å². The number of nitrogens with zero attached hydrogens (tertiary/aromatic N) is 1. The van der Waals surface area contributed by atoms with E-state index in [1.54, 1.807) is 43.5 Å². The summed E-state index contributed by atoms with van der Waals surface area (Å²) in [5.41, 5.74) is 1.07. The van der Waals surface area contributed by atoms with Crippen LogP contribution in [0.4, 0.5) is 5.69 Å². The van der Waals surface area contributed by atoms with Gasteiger partial charge in [-0.15, -0.1) is 0 Å². The Balaban J connectivity index is 1.54. The van der Waals surface area contributed by atoms with E-state index >= 15 is 0 Å². The maximum Gasteiger partial charge on any atom is 0.251 e. The van der Waals surface area contributed by atoms with Crippen molar-refractivity contribution in [3.8, 4) is 11.5 Å². The van der Waals surface area contributed by atoms with E-state index in [-0.39, 0.29) is 17.7 Å². The fourth-order valence-electron chi connectivity index (χ4n) is 3.10. The van der Waals surface area contributed by atoms with Crippen molar-refractivity contribution in [3.63, 3.8) is 0 Å². The van der Waals surface area contributed by atoms with Gasteiger partial charge in [0.05, 0.1) is 24.6 Å². The van der Waals surface area contributed by atoms with Crippen molar-refractivity contribution in [3.05, 3.63) is 54.1 Å². The molecule has 29 heavy (non-hydrogen) atoms. The zero-order valence-corrected chi connectivity index (χ0v) is 17.4. The summed E-state index contributed by atoms with van der Waals surface area (Å²) >= 11 is 0. The number of anilines is 1. The summed E-state index contributed by atoms with van der Waals surface area (Å²) in [4.78, 5) is 12.4. The molecule has 0 aliphatic carbocycles. The van der Waals surface area contributed by atoms with Gasteiger partial charge in [0.1, 0.15) is 18.1 Å². The molecule has 1 unspecified atom stereocenters. The number of ether oxygens (including phenoxy) is 2. The number of amides is 1. The molecule has 0 spiro atoms. The van der Waals surface area contributed by atoms with Crippen LogP contribution in [0, 0.1) is 0 Å². The zero-order valence-electron chi connectivity index (χ0n) is 16.6. The first-order chi connectivity index (χ1) is 13.9. The van der Waals surface area contributed by atoms with E-state index < -0.39 is 10.0 Å². The second kappa shape index (κ2) is 9.17. The molecule has 3 rings (SSSR count). The molecule has 156 valence electrons. The van der Waals surface area contributed by atoms with E-state index in [1.807, 2.05) is 19.1 Å². The predicted molar refractivity (Wildman–Crippen MR) is 112 cm³/mol.